The molecule has 2 fully saturated rings. The van der Waals surface area contributed by atoms with Crippen molar-refractivity contribution >= 4 is 28.5 Å². The van der Waals surface area contributed by atoms with Gasteiger partial charge in [-0.15, -0.1) is 0 Å². The standard InChI is InChI=1S/C29H39N3O3/c1-21(2)27(30-26(33)20-24-12-9-11-22-10-5-6-13-25(22)24)29(35)32-18-14-23(15-19-32)28(34)31-16-7-3-4-8-17-31/h5-6,9-13,21,23,27H,3-4,7-8,14-20H2,1-2H3,(H,30,33)/t27-/m0/s1. The smallest absolute Gasteiger partial charge is 0.245 e. The fraction of sp³-hybridized carbons (Fsp3) is 0.552. The fourth-order valence-corrected chi connectivity index (χ4v) is 5.45. The van der Waals surface area contributed by atoms with Crippen molar-refractivity contribution in [3.05, 3.63) is 48.0 Å². The molecular formula is C29H39N3O3. The molecule has 6 heteroatoms. The van der Waals surface area contributed by atoms with E-state index in [1.165, 1.54) is 12.8 Å². The van der Waals surface area contributed by atoms with Gasteiger partial charge in [0.25, 0.3) is 0 Å². The Morgan fingerprint density at radius 2 is 1.51 bits per heavy atom. The average molecular weight is 478 g/mol. The second kappa shape index (κ2) is 11.7. The number of nitrogens with one attached hydrogen (secondary N) is 1. The average Bonchev–Trinajstić information content (AvgIpc) is 3.16. The molecule has 2 aromatic rings. The van der Waals surface area contributed by atoms with Crippen molar-refractivity contribution < 1.29 is 14.4 Å². The Hall–Kier alpha value is -2.89. The van der Waals surface area contributed by atoms with E-state index in [1.807, 2.05) is 66.1 Å². The largest absolute Gasteiger partial charge is 0.344 e. The number of fused-ring (bicyclic) bond motifs is 1. The van der Waals surface area contributed by atoms with Gasteiger partial charge < -0.3 is 15.1 Å². The zero-order valence-corrected chi connectivity index (χ0v) is 21.2. The minimum absolute atomic E-state index is 0.00982. The van der Waals surface area contributed by atoms with Crippen LogP contribution in [0.15, 0.2) is 42.5 Å². The van der Waals surface area contributed by atoms with Crippen molar-refractivity contribution in [2.24, 2.45) is 11.8 Å². The summed E-state index contributed by atoms with van der Waals surface area (Å²) in [6.45, 7) is 6.83. The quantitative estimate of drug-likeness (QED) is 0.679. The topological polar surface area (TPSA) is 69.7 Å². The summed E-state index contributed by atoms with van der Waals surface area (Å²) in [6.07, 6.45) is 6.25. The molecule has 2 saturated heterocycles. The molecule has 4 rings (SSSR count). The molecule has 0 saturated carbocycles. The minimum Gasteiger partial charge on any atom is -0.344 e. The van der Waals surface area contributed by atoms with Crippen molar-refractivity contribution in [2.75, 3.05) is 26.2 Å². The highest BCUT2D eigenvalue weighted by atomic mass is 16.2. The number of rotatable bonds is 6. The molecule has 1 N–H and O–H groups in total. The van der Waals surface area contributed by atoms with Crippen LogP contribution in [0.1, 0.15) is 57.9 Å². The molecular weight excluding hydrogens is 438 g/mol. The number of carbonyl (C=O) groups excluding carboxylic acids is 3. The number of amides is 3. The van der Waals surface area contributed by atoms with Crippen LogP contribution in [-0.4, -0.2) is 59.7 Å². The van der Waals surface area contributed by atoms with Crippen molar-refractivity contribution in [3.63, 3.8) is 0 Å². The first-order chi connectivity index (χ1) is 16.9. The Morgan fingerprint density at radius 3 is 2.20 bits per heavy atom. The predicted molar refractivity (Wildman–Crippen MR) is 139 cm³/mol. The molecule has 0 radical (unpaired) electrons. The molecule has 0 spiro atoms. The van der Waals surface area contributed by atoms with Crippen LogP contribution in [0.4, 0.5) is 0 Å². The summed E-state index contributed by atoms with van der Waals surface area (Å²) in [5.74, 6) is 0.0837. The van der Waals surface area contributed by atoms with Gasteiger partial charge >= 0.3 is 0 Å². The second-order valence-electron chi connectivity index (χ2n) is 10.4. The van der Waals surface area contributed by atoms with E-state index in [1.54, 1.807) is 0 Å². The highest BCUT2D eigenvalue weighted by Gasteiger charge is 2.34. The number of carbonyl (C=O) groups is 3. The lowest BCUT2D eigenvalue weighted by Crippen LogP contribution is -2.54. The van der Waals surface area contributed by atoms with E-state index in [-0.39, 0.29) is 36.0 Å². The molecule has 0 aromatic heterocycles. The van der Waals surface area contributed by atoms with E-state index in [9.17, 15) is 14.4 Å². The predicted octanol–water partition coefficient (Wildman–Crippen LogP) is 4.16. The van der Waals surface area contributed by atoms with E-state index in [0.29, 0.717) is 25.9 Å². The van der Waals surface area contributed by atoms with E-state index in [0.717, 1.165) is 42.3 Å². The first kappa shape index (κ1) is 25.2. The van der Waals surface area contributed by atoms with Gasteiger partial charge in [0, 0.05) is 32.1 Å². The van der Waals surface area contributed by atoms with E-state index in [2.05, 4.69) is 5.32 Å². The second-order valence-corrected chi connectivity index (χ2v) is 10.4. The Labute approximate surface area is 209 Å². The molecule has 6 nitrogen and oxygen atoms in total. The van der Waals surface area contributed by atoms with E-state index < -0.39 is 6.04 Å². The third-order valence-electron chi connectivity index (χ3n) is 7.55. The zero-order valence-electron chi connectivity index (χ0n) is 21.2. The minimum atomic E-state index is -0.560. The first-order valence-electron chi connectivity index (χ1n) is 13.3. The van der Waals surface area contributed by atoms with E-state index >= 15 is 0 Å². The summed E-state index contributed by atoms with van der Waals surface area (Å²) < 4.78 is 0. The molecule has 1 atom stereocenters. The number of nitrogens with zero attached hydrogens (tertiary/aromatic N) is 2. The molecule has 0 bridgehead atoms. The molecule has 2 aliphatic rings. The highest BCUT2D eigenvalue weighted by molar-refractivity contribution is 5.92. The highest BCUT2D eigenvalue weighted by Crippen LogP contribution is 2.23. The lowest BCUT2D eigenvalue weighted by Gasteiger charge is -2.36. The number of hydrogen-bond donors (Lipinski definition) is 1. The molecule has 2 aromatic carbocycles. The van der Waals surface area contributed by atoms with Crippen molar-refractivity contribution in [1.82, 2.24) is 15.1 Å². The number of piperidine rings is 1. The molecule has 0 aliphatic carbocycles. The van der Waals surface area contributed by atoms with Gasteiger partial charge in [0.15, 0.2) is 0 Å². The Kier molecular flexibility index (Phi) is 8.42. The fourth-order valence-electron chi connectivity index (χ4n) is 5.45. The van der Waals surface area contributed by atoms with Crippen molar-refractivity contribution in [3.8, 4) is 0 Å². The molecule has 2 heterocycles. The van der Waals surface area contributed by atoms with Crippen LogP contribution in [0.5, 0.6) is 0 Å². The van der Waals surface area contributed by atoms with Gasteiger partial charge in [-0.1, -0.05) is 69.2 Å². The number of benzene rings is 2. The van der Waals surface area contributed by atoms with E-state index in [4.69, 9.17) is 0 Å². The van der Waals surface area contributed by atoms with Crippen LogP contribution in [0.3, 0.4) is 0 Å². The third-order valence-corrected chi connectivity index (χ3v) is 7.55. The van der Waals surface area contributed by atoms with Crippen molar-refractivity contribution in [1.29, 1.82) is 0 Å². The summed E-state index contributed by atoms with van der Waals surface area (Å²) in [5.41, 5.74) is 0.961. The maximum Gasteiger partial charge on any atom is 0.245 e. The lowest BCUT2D eigenvalue weighted by molar-refractivity contribution is -0.143. The van der Waals surface area contributed by atoms with Gasteiger partial charge in [0.1, 0.15) is 6.04 Å². The first-order valence-corrected chi connectivity index (χ1v) is 13.3. The maximum absolute atomic E-state index is 13.4. The summed E-state index contributed by atoms with van der Waals surface area (Å²) in [5, 5.41) is 5.18. The number of likely N-dealkylation sites (tertiary alicyclic amines) is 2. The van der Waals surface area contributed by atoms with Gasteiger partial charge in [-0.2, -0.15) is 0 Å². The lowest BCUT2D eigenvalue weighted by atomic mass is 9.93. The molecule has 35 heavy (non-hydrogen) atoms. The molecule has 0 unspecified atom stereocenters. The molecule has 3 amide bonds. The summed E-state index contributed by atoms with van der Waals surface area (Å²) >= 11 is 0. The third kappa shape index (κ3) is 6.22. The maximum atomic E-state index is 13.4. The monoisotopic (exact) mass is 477 g/mol. The Balaban J connectivity index is 1.34. The van der Waals surface area contributed by atoms with Gasteiger partial charge in [-0.05, 0) is 47.9 Å². The zero-order chi connectivity index (χ0) is 24.8. The van der Waals surface area contributed by atoms with Crippen LogP contribution in [0.2, 0.25) is 0 Å². The normalized spacial score (nSPS) is 18.4. The summed E-state index contributed by atoms with van der Waals surface area (Å²) in [4.78, 5) is 43.2. The van der Waals surface area contributed by atoms with Gasteiger partial charge in [0.2, 0.25) is 17.7 Å². The summed E-state index contributed by atoms with van der Waals surface area (Å²) in [6, 6.07) is 13.5. The molecule has 188 valence electrons. The van der Waals surface area contributed by atoms with Crippen LogP contribution in [0, 0.1) is 11.8 Å². The van der Waals surface area contributed by atoms with Crippen LogP contribution in [0.25, 0.3) is 10.8 Å². The van der Waals surface area contributed by atoms with Gasteiger partial charge in [-0.25, -0.2) is 0 Å². The summed E-state index contributed by atoms with van der Waals surface area (Å²) in [7, 11) is 0. The van der Waals surface area contributed by atoms with Gasteiger partial charge in [0.05, 0.1) is 6.42 Å². The van der Waals surface area contributed by atoms with Crippen molar-refractivity contribution in [2.45, 2.75) is 64.8 Å². The number of hydrogen-bond acceptors (Lipinski definition) is 3. The van der Waals surface area contributed by atoms with Gasteiger partial charge in [-0.3, -0.25) is 14.4 Å². The molecule has 2 aliphatic heterocycles. The SMILES string of the molecule is CC(C)[C@H](NC(=O)Cc1cccc2ccccc12)C(=O)N1CCC(C(=O)N2CCCCCC2)CC1. The van der Waals surface area contributed by atoms with Crippen LogP contribution < -0.4 is 5.32 Å². The van der Waals surface area contributed by atoms with Crippen LogP contribution in [-0.2, 0) is 20.8 Å². The Morgan fingerprint density at radius 1 is 0.857 bits per heavy atom. The van der Waals surface area contributed by atoms with Crippen LogP contribution >= 0.6 is 0 Å². The Bertz CT molecular complexity index is 1030.